The first-order chi connectivity index (χ1) is 8.97. The number of halogens is 2. The van der Waals surface area contributed by atoms with Crippen LogP contribution in [0.2, 0.25) is 10.0 Å². The molecule has 0 fully saturated rings. The number of carbonyl (C=O) groups excluding carboxylic acids is 1. The number of benzene rings is 1. The molecule has 1 aromatic heterocycles. The van der Waals surface area contributed by atoms with Gasteiger partial charge in [0.2, 0.25) is 0 Å². The monoisotopic (exact) mass is 296 g/mol. The molecule has 3 nitrogen and oxygen atoms in total. The van der Waals surface area contributed by atoms with E-state index in [0.29, 0.717) is 22.2 Å². The second kappa shape index (κ2) is 5.68. The maximum atomic E-state index is 12.0. The first-order valence-corrected chi connectivity index (χ1v) is 6.61. The summed E-state index contributed by atoms with van der Waals surface area (Å²) < 4.78 is 0. The van der Waals surface area contributed by atoms with E-state index in [4.69, 9.17) is 23.2 Å². The molecule has 0 atom stereocenters. The average Bonchev–Trinajstić information content (AvgIpc) is 2.68. The molecule has 5 heteroatoms. The Morgan fingerprint density at radius 2 is 1.95 bits per heavy atom. The van der Waals surface area contributed by atoms with Gasteiger partial charge in [0.25, 0.3) is 5.91 Å². The quantitative estimate of drug-likeness (QED) is 0.887. The van der Waals surface area contributed by atoms with Crippen LogP contribution in [-0.2, 0) is 6.54 Å². The van der Waals surface area contributed by atoms with Crippen molar-refractivity contribution >= 4 is 29.1 Å². The molecule has 2 N–H and O–H groups in total. The van der Waals surface area contributed by atoms with E-state index in [0.717, 1.165) is 17.0 Å². The summed E-state index contributed by atoms with van der Waals surface area (Å²) in [5, 5.41) is 3.67. The molecule has 1 amide bonds. The Balaban J connectivity index is 2.05. The SMILES string of the molecule is Cc1cc(CNC(=O)c2ccc(Cl)c(Cl)c2)c(C)[nH]1. The summed E-state index contributed by atoms with van der Waals surface area (Å²) in [6, 6.07) is 6.85. The Hall–Kier alpha value is -1.45. The molecule has 0 bridgehead atoms. The predicted octanol–water partition coefficient (Wildman–Crippen LogP) is 3.87. The van der Waals surface area contributed by atoms with Crippen LogP contribution in [0.1, 0.15) is 27.3 Å². The first kappa shape index (κ1) is 14.0. The highest BCUT2D eigenvalue weighted by Gasteiger charge is 2.09. The van der Waals surface area contributed by atoms with Crippen LogP contribution >= 0.6 is 23.2 Å². The van der Waals surface area contributed by atoms with Crippen LogP contribution in [0.5, 0.6) is 0 Å². The van der Waals surface area contributed by atoms with Crippen LogP contribution in [0.4, 0.5) is 0 Å². The maximum Gasteiger partial charge on any atom is 0.251 e. The van der Waals surface area contributed by atoms with Crippen molar-refractivity contribution in [1.29, 1.82) is 0 Å². The topological polar surface area (TPSA) is 44.9 Å². The molecule has 0 saturated carbocycles. The van der Waals surface area contributed by atoms with E-state index < -0.39 is 0 Å². The second-order valence-corrected chi connectivity index (χ2v) is 5.23. The van der Waals surface area contributed by atoms with E-state index in [2.05, 4.69) is 10.3 Å². The predicted molar refractivity (Wildman–Crippen MR) is 77.9 cm³/mol. The van der Waals surface area contributed by atoms with Gasteiger partial charge in [-0.25, -0.2) is 0 Å². The number of hydrogen-bond acceptors (Lipinski definition) is 1. The molecule has 1 heterocycles. The minimum absolute atomic E-state index is 0.170. The lowest BCUT2D eigenvalue weighted by Crippen LogP contribution is -2.22. The van der Waals surface area contributed by atoms with E-state index in [1.165, 1.54) is 0 Å². The maximum absolute atomic E-state index is 12.0. The molecule has 2 rings (SSSR count). The summed E-state index contributed by atoms with van der Waals surface area (Å²) in [5.74, 6) is -0.170. The number of aryl methyl sites for hydroxylation is 2. The molecule has 0 spiro atoms. The zero-order valence-electron chi connectivity index (χ0n) is 10.7. The molecule has 100 valence electrons. The first-order valence-electron chi connectivity index (χ1n) is 5.85. The third-order valence-corrected chi connectivity index (χ3v) is 3.62. The molecular formula is C14H14Cl2N2O. The van der Waals surface area contributed by atoms with Gasteiger partial charge < -0.3 is 10.3 Å². The fraction of sp³-hybridized carbons (Fsp3) is 0.214. The molecule has 0 saturated heterocycles. The Kier molecular flexibility index (Phi) is 4.17. The summed E-state index contributed by atoms with van der Waals surface area (Å²) in [5.41, 5.74) is 3.72. The number of amides is 1. The molecule has 2 aromatic rings. The van der Waals surface area contributed by atoms with Crippen LogP contribution in [-0.4, -0.2) is 10.9 Å². The smallest absolute Gasteiger partial charge is 0.251 e. The van der Waals surface area contributed by atoms with Gasteiger partial charge in [0.05, 0.1) is 10.0 Å². The largest absolute Gasteiger partial charge is 0.362 e. The zero-order valence-corrected chi connectivity index (χ0v) is 12.2. The number of aromatic nitrogens is 1. The van der Waals surface area contributed by atoms with Gasteiger partial charge in [0.15, 0.2) is 0 Å². The summed E-state index contributed by atoms with van der Waals surface area (Å²) in [7, 11) is 0. The highest BCUT2D eigenvalue weighted by Crippen LogP contribution is 2.22. The standard InChI is InChI=1S/C14H14Cl2N2O/c1-8-5-11(9(2)18-8)7-17-14(19)10-3-4-12(15)13(16)6-10/h3-6,18H,7H2,1-2H3,(H,17,19). The van der Waals surface area contributed by atoms with Gasteiger partial charge in [-0.05, 0) is 43.7 Å². The van der Waals surface area contributed by atoms with Crippen molar-refractivity contribution in [2.45, 2.75) is 20.4 Å². The number of aromatic amines is 1. The molecule has 1 aromatic carbocycles. The van der Waals surface area contributed by atoms with Crippen molar-refractivity contribution in [2.24, 2.45) is 0 Å². The van der Waals surface area contributed by atoms with Crippen molar-refractivity contribution in [3.05, 3.63) is 56.8 Å². The zero-order chi connectivity index (χ0) is 14.0. The fourth-order valence-electron chi connectivity index (χ4n) is 1.88. The van der Waals surface area contributed by atoms with Crippen molar-refractivity contribution < 1.29 is 4.79 Å². The minimum atomic E-state index is -0.170. The highest BCUT2D eigenvalue weighted by atomic mass is 35.5. The van der Waals surface area contributed by atoms with Crippen molar-refractivity contribution in [2.75, 3.05) is 0 Å². The molecule has 0 aliphatic heterocycles. The second-order valence-electron chi connectivity index (χ2n) is 4.41. The van der Waals surface area contributed by atoms with Crippen molar-refractivity contribution in [3.63, 3.8) is 0 Å². The lowest BCUT2D eigenvalue weighted by Gasteiger charge is -2.06. The lowest BCUT2D eigenvalue weighted by molar-refractivity contribution is 0.0951. The van der Waals surface area contributed by atoms with Gasteiger partial charge in [0, 0.05) is 23.5 Å². The Morgan fingerprint density at radius 1 is 1.21 bits per heavy atom. The third-order valence-electron chi connectivity index (χ3n) is 2.88. The summed E-state index contributed by atoms with van der Waals surface area (Å²) in [4.78, 5) is 15.2. The van der Waals surface area contributed by atoms with Gasteiger partial charge in [0.1, 0.15) is 0 Å². The summed E-state index contributed by atoms with van der Waals surface area (Å²) in [6.45, 7) is 4.44. The normalized spacial score (nSPS) is 10.5. The fourth-order valence-corrected chi connectivity index (χ4v) is 2.18. The highest BCUT2D eigenvalue weighted by molar-refractivity contribution is 6.42. The lowest BCUT2D eigenvalue weighted by atomic mass is 10.2. The summed E-state index contributed by atoms with van der Waals surface area (Å²) in [6.07, 6.45) is 0. The molecule has 0 aliphatic carbocycles. The van der Waals surface area contributed by atoms with E-state index in [1.807, 2.05) is 19.9 Å². The molecule has 0 aliphatic rings. The molecule has 19 heavy (non-hydrogen) atoms. The molecule has 0 radical (unpaired) electrons. The molecular weight excluding hydrogens is 283 g/mol. The van der Waals surface area contributed by atoms with E-state index in [-0.39, 0.29) is 5.91 Å². The van der Waals surface area contributed by atoms with Gasteiger partial charge in [-0.2, -0.15) is 0 Å². The van der Waals surface area contributed by atoms with Crippen molar-refractivity contribution in [3.8, 4) is 0 Å². The number of rotatable bonds is 3. The summed E-state index contributed by atoms with van der Waals surface area (Å²) >= 11 is 11.7. The van der Waals surface area contributed by atoms with Gasteiger partial charge in [-0.15, -0.1) is 0 Å². The average molecular weight is 297 g/mol. The van der Waals surface area contributed by atoms with Crippen molar-refractivity contribution in [1.82, 2.24) is 10.3 Å². The van der Waals surface area contributed by atoms with Crippen LogP contribution in [0.25, 0.3) is 0 Å². The van der Waals surface area contributed by atoms with E-state index in [1.54, 1.807) is 18.2 Å². The van der Waals surface area contributed by atoms with Crippen LogP contribution in [0.3, 0.4) is 0 Å². The van der Waals surface area contributed by atoms with Crippen LogP contribution < -0.4 is 5.32 Å². The van der Waals surface area contributed by atoms with Gasteiger partial charge in [-0.1, -0.05) is 23.2 Å². The van der Waals surface area contributed by atoms with Crippen LogP contribution in [0, 0.1) is 13.8 Å². The Bertz CT molecular complexity index is 620. The number of hydrogen-bond donors (Lipinski definition) is 2. The van der Waals surface area contributed by atoms with Crippen LogP contribution in [0.15, 0.2) is 24.3 Å². The minimum Gasteiger partial charge on any atom is -0.362 e. The van der Waals surface area contributed by atoms with Gasteiger partial charge in [-0.3, -0.25) is 4.79 Å². The Labute approximate surface area is 121 Å². The molecule has 0 unspecified atom stereocenters. The third kappa shape index (κ3) is 3.31. The number of H-pyrrole nitrogens is 1. The Morgan fingerprint density at radius 3 is 2.53 bits per heavy atom. The number of nitrogens with one attached hydrogen (secondary N) is 2. The van der Waals surface area contributed by atoms with E-state index >= 15 is 0 Å². The number of carbonyl (C=O) groups is 1. The van der Waals surface area contributed by atoms with Gasteiger partial charge >= 0.3 is 0 Å². The van der Waals surface area contributed by atoms with E-state index in [9.17, 15) is 4.79 Å².